The molecule has 0 aliphatic heterocycles. The summed E-state index contributed by atoms with van der Waals surface area (Å²) in [5.41, 5.74) is 0.305. The van der Waals surface area contributed by atoms with Gasteiger partial charge in [0.15, 0.2) is 5.75 Å². The van der Waals surface area contributed by atoms with E-state index in [9.17, 15) is 4.79 Å². The van der Waals surface area contributed by atoms with Gasteiger partial charge in [-0.1, -0.05) is 34.8 Å². The monoisotopic (exact) mass is 301 g/mol. The van der Waals surface area contributed by atoms with E-state index in [2.05, 4.69) is 4.98 Å². The molecule has 1 aromatic heterocycles. The number of rotatable bonds is 2. The molecule has 0 saturated carbocycles. The molecule has 3 nitrogen and oxygen atoms in total. The molecule has 0 aliphatic rings. The summed E-state index contributed by atoms with van der Waals surface area (Å²) >= 11 is 17.6. The second-order valence-corrected chi connectivity index (χ2v) is 4.58. The Balaban J connectivity index is 2.28. The van der Waals surface area contributed by atoms with Crippen molar-refractivity contribution in [3.63, 3.8) is 0 Å². The smallest absolute Gasteiger partial charge is 0.345 e. The molecule has 0 aliphatic carbocycles. The fourth-order valence-corrected chi connectivity index (χ4v) is 2.16. The molecule has 0 saturated heterocycles. The van der Waals surface area contributed by atoms with Gasteiger partial charge < -0.3 is 4.74 Å². The molecule has 0 N–H and O–H groups in total. The van der Waals surface area contributed by atoms with Crippen LogP contribution in [0.15, 0.2) is 36.7 Å². The molecule has 6 heteroatoms. The quantitative estimate of drug-likeness (QED) is 0.614. The Hall–Kier alpha value is -1.29. The van der Waals surface area contributed by atoms with Gasteiger partial charge in [-0.3, -0.25) is 4.98 Å². The molecular formula is C12H6Cl3NO2. The molecular weight excluding hydrogens is 296 g/mol. The van der Waals surface area contributed by atoms with Crippen molar-refractivity contribution in [1.82, 2.24) is 4.98 Å². The Bertz CT molecular complexity index is 564. The molecule has 0 amide bonds. The van der Waals surface area contributed by atoms with Crippen LogP contribution in [0.5, 0.6) is 5.75 Å². The van der Waals surface area contributed by atoms with E-state index in [1.54, 1.807) is 18.3 Å². The van der Waals surface area contributed by atoms with Crippen LogP contribution in [0.2, 0.25) is 15.1 Å². The number of pyridine rings is 1. The Morgan fingerprint density at radius 2 is 1.83 bits per heavy atom. The maximum absolute atomic E-state index is 11.8. The number of carbonyl (C=O) groups excluding carboxylic acids is 1. The van der Waals surface area contributed by atoms with Crippen LogP contribution in [0.25, 0.3) is 0 Å². The van der Waals surface area contributed by atoms with Crippen molar-refractivity contribution in [2.45, 2.75) is 0 Å². The summed E-state index contributed by atoms with van der Waals surface area (Å²) in [6.45, 7) is 0. The summed E-state index contributed by atoms with van der Waals surface area (Å²) in [6, 6.07) is 6.09. The minimum atomic E-state index is -0.589. The van der Waals surface area contributed by atoms with Crippen molar-refractivity contribution in [3.05, 3.63) is 57.3 Å². The molecule has 2 rings (SSSR count). The minimum Gasteiger partial charge on any atom is -0.420 e. The summed E-state index contributed by atoms with van der Waals surface area (Å²) in [6.07, 6.45) is 2.94. The maximum atomic E-state index is 11.8. The van der Waals surface area contributed by atoms with Gasteiger partial charge in [0.05, 0.1) is 15.6 Å². The second-order valence-electron chi connectivity index (χ2n) is 3.33. The van der Waals surface area contributed by atoms with E-state index < -0.39 is 5.97 Å². The molecule has 0 fully saturated rings. The number of esters is 1. The fourth-order valence-electron chi connectivity index (χ4n) is 1.26. The highest BCUT2D eigenvalue weighted by molar-refractivity contribution is 6.40. The molecule has 18 heavy (non-hydrogen) atoms. The predicted molar refractivity (Wildman–Crippen MR) is 70.7 cm³/mol. The maximum Gasteiger partial charge on any atom is 0.345 e. The van der Waals surface area contributed by atoms with Crippen molar-refractivity contribution in [3.8, 4) is 5.75 Å². The summed E-state index contributed by atoms with van der Waals surface area (Å²) < 4.78 is 5.12. The zero-order chi connectivity index (χ0) is 13.1. The Morgan fingerprint density at radius 1 is 1.17 bits per heavy atom. The van der Waals surface area contributed by atoms with Crippen molar-refractivity contribution in [2.24, 2.45) is 0 Å². The summed E-state index contributed by atoms with van der Waals surface area (Å²) in [5, 5.41) is 0.709. The van der Waals surface area contributed by atoms with Gasteiger partial charge in [-0.2, -0.15) is 0 Å². The largest absolute Gasteiger partial charge is 0.420 e. The van der Waals surface area contributed by atoms with Crippen LogP contribution >= 0.6 is 34.8 Å². The first-order valence-electron chi connectivity index (χ1n) is 4.84. The highest BCUT2D eigenvalue weighted by Gasteiger charge is 2.15. The first-order valence-corrected chi connectivity index (χ1v) is 5.98. The minimum absolute atomic E-state index is 0.0802. The second kappa shape index (κ2) is 5.57. The first-order chi connectivity index (χ1) is 8.58. The molecule has 0 atom stereocenters. The van der Waals surface area contributed by atoms with Crippen LogP contribution in [0.1, 0.15) is 10.4 Å². The summed E-state index contributed by atoms with van der Waals surface area (Å²) in [4.78, 5) is 15.6. The van der Waals surface area contributed by atoms with Crippen molar-refractivity contribution in [1.29, 1.82) is 0 Å². The third-order valence-electron chi connectivity index (χ3n) is 2.06. The van der Waals surface area contributed by atoms with Crippen molar-refractivity contribution in [2.75, 3.05) is 0 Å². The zero-order valence-corrected chi connectivity index (χ0v) is 11.1. The number of carbonyl (C=O) groups is 1. The number of aromatic nitrogens is 1. The molecule has 2 aromatic rings. The number of hydrogen-bond acceptors (Lipinski definition) is 3. The number of benzene rings is 1. The van der Waals surface area contributed by atoms with E-state index in [0.29, 0.717) is 10.6 Å². The van der Waals surface area contributed by atoms with Crippen LogP contribution in [0.4, 0.5) is 0 Å². The van der Waals surface area contributed by atoms with Gasteiger partial charge in [0.2, 0.25) is 0 Å². The van der Waals surface area contributed by atoms with Gasteiger partial charge in [0, 0.05) is 17.4 Å². The highest BCUT2D eigenvalue weighted by atomic mass is 35.5. The zero-order valence-electron chi connectivity index (χ0n) is 8.86. The van der Waals surface area contributed by atoms with Gasteiger partial charge in [-0.25, -0.2) is 4.79 Å². The number of hydrogen-bond donors (Lipinski definition) is 0. The van der Waals surface area contributed by atoms with Gasteiger partial charge >= 0.3 is 5.97 Å². The predicted octanol–water partition coefficient (Wildman–Crippen LogP) is 4.26. The lowest BCUT2D eigenvalue weighted by atomic mass is 10.3. The lowest BCUT2D eigenvalue weighted by Gasteiger charge is -2.08. The highest BCUT2D eigenvalue weighted by Crippen LogP contribution is 2.36. The average molecular weight is 303 g/mol. The van der Waals surface area contributed by atoms with Crippen LogP contribution < -0.4 is 4.74 Å². The van der Waals surface area contributed by atoms with E-state index in [1.807, 2.05) is 0 Å². The van der Waals surface area contributed by atoms with Gasteiger partial charge in [0.1, 0.15) is 0 Å². The molecule has 1 heterocycles. The topological polar surface area (TPSA) is 39.2 Å². The van der Waals surface area contributed by atoms with Crippen molar-refractivity contribution >= 4 is 40.8 Å². The molecule has 92 valence electrons. The van der Waals surface area contributed by atoms with Gasteiger partial charge in [0.25, 0.3) is 0 Å². The number of halogens is 3. The molecule has 0 bridgehead atoms. The normalized spacial score (nSPS) is 10.2. The lowest BCUT2D eigenvalue weighted by molar-refractivity contribution is 0.0734. The van der Waals surface area contributed by atoms with Crippen LogP contribution in [-0.2, 0) is 0 Å². The van der Waals surface area contributed by atoms with Gasteiger partial charge in [-0.15, -0.1) is 0 Å². The standard InChI is InChI=1S/C12H6Cl3NO2/c13-8-4-9(14)11(10(15)5-8)18-12(17)7-2-1-3-16-6-7/h1-6H. The van der Waals surface area contributed by atoms with E-state index in [4.69, 9.17) is 39.5 Å². The van der Waals surface area contributed by atoms with E-state index in [1.165, 1.54) is 18.3 Å². The Labute approximate surface area is 118 Å². The van der Waals surface area contributed by atoms with Crippen LogP contribution in [0, 0.1) is 0 Å². The Kier molecular flexibility index (Phi) is 4.07. The Morgan fingerprint density at radius 3 is 2.39 bits per heavy atom. The lowest BCUT2D eigenvalue weighted by Crippen LogP contribution is -2.09. The van der Waals surface area contributed by atoms with Crippen LogP contribution in [0.3, 0.4) is 0 Å². The van der Waals surface area contributed by atoms with E-state index in [-0.39, 0.29) is 15.8 Å². The number of ether oxygens (including phenoxy) is 1. The van der Waals surface area contributed by atoms with E-state index in [0.717, 1.165) is 0 Å². The summed E-state index contributed by atoms with van der Waals surface area (Å²) in [5.74, 6) is -0.509. The summed E-state index contributed by atoms with van der Waals surface area (Å²) in [7, 11) is 0. The third kappa shape index (κ3) is 2.93. The fraction of sp³-hybridized carbons (Fsp3) is 0. The van der Waals surface area contributed by atoms with E-state index >= 15 is 0 Å². The molecule has 1 aromatic carbocycles. The molecule has 0 unspecified atom stereocenters. The number of nitrogens with zero attached hydrogens (tertiary/aromatic N) is 1. The average Bonchev–Trinajstić information content (AvgIpc) is 2.34. The van der Waals surface area contributed by atoms with Gasteiger partial charge in [-0.05, 0) is 24.3 Å². The molecule has 0 radical (unpaired) electrons. The van der Waals surface area contributed by atoms with Crippen LogP contribution in [-0.4, -0.2) is 11.0 Å². The first kappa shape index (κ1) is 13.1. The van der Waals surface area contributed by atoms with Crippen molar-refractivity contribution < 1.29 is 9.53 Å². The SMILES string of the molecule is O=C(Oc1c(Cl)cc(Cl)cc1Cl)c1cccnc1. The molecule has 0 spiro atoms. The third-order valence-corrected chi connectivity index (χ3v) is 2.83.